The van der Waals surface area contributed by atoms with E-state index in [0.717, 1.165) is 18.8 Å². The Balaban J connectivity index is 2.31. The van der Waals surface area contributed by atoms with Crippen molar-refractivity contribution in [3.63, 3.8) is 0 Å². The molecule has 1 aromatic rings. The van der Waals surface area contributed by atoms with E-state index in [1.54, 1.807) is 0 Å². The van der Waals surface area contributed by atoms with Gasteiger partial charge in [0.2, 0.25) is 0 Å². The van der Waals surface area contributed by atoms with Crippen LogP contribution in [0.25, 0.3) is 0 Å². The first kappa shape index (κ1) is 9.49. The van der Waals surface area contributed by atoms with E-state index >= 15 is 0 Å². The van der Waals surface area contributed by atoms with Crippen LogP contribution in [-0.4, -0.2) is 18.6 Å². The van der Waals surface area contributed by atoms with Crippen LogP contribution in [0.1, 0.15) is 18.4 Å². The lowest BCUT2D eigenvalue weighted by molar-refractivity contribution is 0.463. The second-order valence-corrected chi connectivity index (χ2v) is 4.36. The highest BCUT2D eigenvalue weighted by atomic mass is 15.0. The number of anilines is 1. The zero-order valence-electron chi connectivity index (χ0n) is 8.46. The summed E-state index contributed by atoms with van der Waals surface area (Å²) in [6, 6.07) is 8.00. The Morgan fingerprint density at radius 3 is 2.86 bits per heavy atom. The van der Waals surface area contributed by atoms with E-state index in [-0.39, 0.29) is 5.54 Å². The summed E-state index contributed by atoms with van der Waals surface area (Å²) in [5, 5.41) is 3.31. The summed E-state index contributed by atoms with van der Waals surface area (Å²) in [7, 11) is 0. The predicted molar refractivity (Wildman–Crippen MR) is 59.1 cm³/mol. The van der Waals surface area contributed by atoms with E-state index in [9.17, 15) is 0 Å². The molecular formula is C11H17N3. The van der Waals surface area contributed by atoms with Gasteiger partial charge in [0, 0.05) is 30.2 Å². The van der Waals surface area contributed by atoms with Gasteiger partial charge in [0.1, 0.15) is 0 Å². The number of rotatable bonds is 1. The quantitative estimate of drug-likeness (QED) is 0.572. The molecule has 1 aromatic carbocycles. The van der Waals surface area contributed by atoms with E-state index in [1.165, 1.54) is 5.56 Å². The topological polar surface area (TPSA) is 64.1 Å². The van der Waals surface area contributed by atoms with Crippen molar-refractivity contribution in [2.45, 2.75) is 18.4 Å². The van der Waals surface area contributed by atoms with Crippen LogP contribution in [0.5, 0.6) is 0 Å². The third-order valence-corrected chi connectivity index (χ3v) is 2.96. The molecule has 76 valence electrons. The Kier molecular flexibility index (Phi) is 2.21. The molecule has 0 radical (unpaired) electrons. The first-order valence-electron chi connectivity index (χ1n) is 4.94. The van der Waals surface area contributed by atoms with Crippen LogP contribution in [0.4, 0.5) is 5.69 Å². The van der Waals surface area contributed by atoms with Crippen molar-refractivity contribution >= 4 is 5.69 Å². The minimum atomic E-state index is -0.159. The van der Waals surface area contributed by atoms with Gasteiger partial charge in [-0.1, -0.05) is 12.1 Å². The van der Waals surface area contributed by atoms with Gasteiger partial charge in [-0.3, -0.25) is 0 Å². The fraction of sp³-hybridized carbons (Fsp3) is 0.455. The van der Waals surface area contributed by atoms with Gasteiger partial charge >= 0.3 is 0 Å². The highest BCUT2D eigenvalue weighted by Gasteiger charge is 2.35. The molecule has 0 amide bonds. The number of hydrogen-bond donors (Lipinski definition) is 3. The molecule has 1 fully saturated rings. The molecule has 5 N–H and O–H groups in total. The Labute approximate surface area is 84.5 Å². The van der Waals surface area contributed by atoms with Crippen molar-refractivity contribution < 1.29 is 0 Å². The highest BCUT2D eigenvalue weighted by Crippen LogP contribution is 2.30. The monoisotopic (exact) mass is 191 g/mol. The summed E-state index contributed by atoms with van der Waals surface area (Å²) in [5.41, 5.74) is 13.8. The fourth-order valence-electron chi connectivity index (χ4n) is 2.12. The van der Waals surface area contributed by atoms with E-state index in [0.29, 0.717) is 5.92 Å². The van der Waals surface area contributed by atoms with Crippen LogP contribution in [0.3, 0.4) is 0 Å². The molecule has 2 rings (SSSR count). The zero-order chi connectivity index (χ0) is 10.2. The maximum Gasteiger partial charge on any atom is 0.0333 e. The normalized spacial score (nSPS) is 32.0. The summed E-state index contributed by atoms with van der Waals surface area (Å²) in [6.45, 7) is 3.89. The average molecular weight is 191 g/mol. The predicted octanol–water partition coefficient (Wildman–Crippen LogP) is 0.673. The number of benzene rings is 1. The van der Waals surface area contributed by atoms with Crippen molar-refractivity contribution in [2.75, 3.05) is 18.8 Å². The molecule has 0 aliphatic carbocycles. The van der Waals surface area contributed by atoms with Gasteiger partial charge in [-0.05, 0) is 24.6 Å². The van der Waals surface area contributed by atoms with Crippen LogP contribution in [0.15, 0.2) is 24.3 Å². The number of nitrogens with two attached hydrogens (primary N) is 2. The molecule has 1 aliphatic heterocycles. The van der Waals surface area contributed by atoms with E-state index < -0.39 is 0 Å². The van der Waals surface area contributed by atoms with Crippen LogP contribution in [0.2, 0.25) is 0 Å². The largest absolute Gasteiger partial charge is 0.399 e. The summed E-state index contributed by atoms with van der Waals surface area (Å²) >= 11 is 0. The lowest BCUT2D eigenvalue weighted by atomic mass is 9.84. The van der Waals surface area contributed by atoms with E-state index in [1.807, 2.05) is 18.2 Å². The van der Waals surface area contributed by atoms with Crippen molar-refractivity contribution in [1.29, 1.82) is 0 Å². The molecule has 0 bridgehead atoms. The number of nitrogen functional groups attached to an aromatic ring is 1. The molecule has 0 saturated carbocycles. The number of nitrogens with one attached hydrogen (secondary N) is 1. The zero-order valence-corrected chi connectivity index (χ0v) is 8.46. The Morgan fingerprint density at radius 1 is 1.50 bits per heavy atom. The summed E-state index contributed by atoms with van der Waals surface area (Å²) in [5.74, 6) is 0.367. The second-order valence-electron chi connectivity index (χ2n) is 4.36. The Hall–Kier alpha value is -1.06. The summed E-state index contributed by atoms with van der Waals surface area (Å²) in [6.07, 6.45) is 0. The van der Waals surface area contributed by atoms with Crippen LogP contribution < -0.4 is 16.8 Å². The average Bonchev–Trinajstić information content (AvgIpc) is 2.45. The summed E-state index contributed by atoms with van der Waals surface area (Å²) < 4.78 is 0. The molecule has 3 nitrogen and oxygen atoms in total. The Bertz CT molecular complexity index is 333. The maximum atomic E-state index is 6.20. The van der Waals surface area contributed by atoms with E-state index in [4.69, 9.17) is 11.5 Å². The van der Waals surface area contributed by atoms with Gasteiger partial charge in [0.25, 0.3) is 0 Å². The molecule has 1 saturated heterocycles. The third kappa shape index (κ3) is 1.61. The molecule has 3 heteroatoms. The first-order chi connectivity index (χ1) is 6.59. The highest BCUT2D eigenvalue weighted by molar-refractivity contribution is 5.43. The molecule has 0 aromatic heterocycles. The van der Waals surface area contributed by atoms with Gasteiger partial charge in [0.15, 0.2) is 0 Å². The van der Waals surface area contributed by atoms with Gasteiger partial charge in [-0.2, -0.15) is 0 Å². The van der Waals surface area contributed by atoms with Gasteiger partial charge < -0.3 is 16.8 Å². The van der Waals surface area contributed by atoms with E-state index in [2.05, 4.69) is 18.3 Å². The van der Waals surface area contributed by atoms with Gasteiger partial charge in [-0.15, -0.1) is 0 Å². The van der Waals surface area contributed by atoms with Gasteiger partial charge in [0.05, 0.1) is 0 Å². The van der Waals surface area contributed by atoms with Gasteiger partial charge in [-0.25, -0.2) is 0 Å². The Morgan fingerprint density at radius 2 is 2.29 bits per heavy atom. The summed E-state index contributed by atoms with van der Waals surface area (Å²) in [4.78, 5) is 0. The lowest BCUT2D eigenvalue weighted by Crippen LogP contribution is -2.42. The minimum Gasteiger partial charge on any atom is -0.399 e. The minimum absolute atomic E-state index is 0.159. The molecule has 1 heterocycles. The lowest BCUT2D eigenvalue weighted by Gasteiger charge is -2.26. The van der Waals surface area contributed by atoms with Crippen LogP contribution in [0, 0.1) is 0 Å². The molecular weight excluding hydrogens is 174 g/mol. The maximum absolute atomic E-state index is 6.20. The van der Waals surface area contributed by atoms with Crippen molar-refractivity contribution in [3.8, 4) is 0 Å². The van der Waals surface area contributed by atoms with Crippen molar-refractivity contribution in [1.82, 2.24) is 5.32 Å². The first-order valence-corrected chi connectivity index (χ1v) is 4.94. The second kappa shape index (κ2) is 3.26. The SMILES string of the molecule is CC1(N)CNCC1c1cccc(N)c1. The molecule has 14 heavy (non-hydrogen) atoms. The fourth-order valence-corrected chi connectivity index (χ4v) is 2.12. The van der Waals surface area contributed by atoms with Crippen molar-refractivity contribution in [2.24, 2.45) is 5.73 Å². The smallest absolute Gasteiger partial charge is 0.0333 e. The molecule has 2 unspecified atom stereocenters. The molecule has 0 spiro atoms. The molecule has 1 aliphatic rings. The third-order valence-electron chi connectivity index (χ3n) is 2.96. The standard InChI is InChI=1S/C11H17N3/c1-11(13)7-14-6-10(11)8-3-2-4-9(12)5-8/h2-5,10,14H,6-7,12-13H2,1H3. The number of hydrogen-bond acceptors (Lipinski definition) is 3. The van der Waals surface area contributed by atoms with Crippen LogP contribution in [-0.2, 0) is 0 Å². The van der Waals surface area contributed by atoms with Crippen LogP contribution >= 0.6 is 0 Å². The van der Waals surface area contributed by atoms with Crippen molar-refractivity contribution in [3.05, 3.63) is 29.8 Å². The molecule has 2 atom stereocenters.